The predicted molar refractivity (Wildman–Crippen MR) is 86.0 cm³/mol. The molecule has 0 saturated carbocycles. The number of aromatic nitrogens is 2. The molecule has 1 aliphatic heterocycles. The fourth-order valence-corrected chi connectivity index (χ4v) is 3.39. The first kappa shape index (κ1) is 12.0. The Bertz CT molecular complexity index is 792. The van der Waals surface area contributed by atoms with E-state index in [1.54, 1.807) is 0 Å². The van der Waals surface area contributed by atoms with E-state index in [9.17, 15) is 0 Å². The third-order valence-electron chi connectivity index (χ3n) is 3.77. The number of hydrogen-bond acceptors (Lipinski definition) is 2. The van der Waals surface area contributed by atoms with Gasteiger partial charge in [-0.15, -0.1) is 0 Å². The van der Waals surface area contributed by atoms with Crippen LogP contribution in [0.3, 0.4) is 0 Å². The average molecular weight is 328 g/mol. The first-order valence-corrected chi connectivity index (χ1v) is 7.61. The smallest absolute Gasteiger partial charge is 0.204 e. The molecule has 2 aromatic carbocycles. The lowest BCUT2D eigenvalue weighted by atomic mass is 10.1. The molecule has 4 rings (SSSR count). The first-order valence-electron chi connectivity index (χ1n) is 6.82. The van der Waals surface area contributed by atoms with E-state index in [-0.39, 0.29) is 0 Å². The van der Waals surface area contributed by atoms with Gasteiger partial charge >= 0.3 is 0 Å². The van der Waals surface area contributed by atoms with Crippen molar-refractivity contribution in [1.29, 1.82) is 0 Å². The summed E-state index contributed by atoms with van der Waals surface area (Å²) >= 11 is 3.70. The van der Waals surface area contributed by atoms with E-state index in [0.29, 0.717) is 0 Å². The summed E-state index contributed by atoms with van der Waals surface area (Å²) in [7, 11) is 0. The normalized spacial score (nSPS) is 14.1. The lowest BCUT2D eigenvalue weighted by Crippen LogP contribution is -2.17. The maximum atomic E-state index is 4.73. The molecule has 0 fully saturated rings. The molecule has 0 unspecified atom stereocenters. The van der Waals surface area contributed by atoms with Crippen molar-refractivity contribution >= 4 is 32.7 Å². The monoisotopic (exact) mass is 327 g/mol. The maximum absolute atomic E-state index is 4.73. The lowest BCUT2D eigenvalue weighted by molar-refractivity contribution is 0.618. The highest BCUT2D eigenvalue weighted by Gasteiger charge is 2.18. The highest BCUT2D eigenvalue weighted by Crippen LogP contribution is 2.33. The lowest BCUT2D eigenvalue weighted by Gasteiger charge is -2.15. The molecule has 0 radical (unpaired) electrons. The van der Waals surface area contributed by atoms with Gasteiger partial charge in [0.1, 0.15) is 10.3 Å². The molecule has 2 heterocycles. The van der Waals surface area contributed by atoms with E-state index in [4.69, 9.17) is 4.98 Å². The Morgan fingerprint density at radius 2 is 1.95 bits per heavy atom. The van der Waals surface area contributed by atoms with E-state index in [0.717, 1.165) is 41.3 Å². The molecule has 0 amide bonds. The second-order valence-corrected chi connectivity index (χ2v) is 5.82. The van der Waals surface area contributed by atoms with Crippen LogP contribution in [0.5, 0.6) is 0 Å². The van der Waals surface area contributed by atoms with Crippen LogP contribution in [0.1, 0.15) is 6.42 Å². The van der Waals surface area contributed by atoms with E-state index >= 15 is 0 Å². The summed E-state index contributed by atoms with van der Waals surface area (Å²) in [6, 6.07) is 14.9. The van der Waals surface area contributed by atoms with E-state index in [1.807, 2.05) is 0 Å². The van der Waals surface area contributed by atoms with Crippen molar-refractivity contribution in [3.05, 3.63) is 47.1 Å². The number of nitrogens with one attached hydrogen (secondary N) is 1. The Balaban J connectivity index is 1.88. The molecule has 0 spiro atoms. The summed E-state index contributed by atoms with van der Waals surface area (Å²) in [4.78, 5) is 4.73. The fourth-order valence-electron chi connectivity index (χ4n) is 2.73. The van der Waals surface area contributed by atoms with Crippen molar-refractivity contribution in [2.24, 2.45) is 0 Å². The number of anilines is 1. The zero-order valence-corrected chi connectivity index (χ0v) is 12.5. The quantitative estimate of drug-likeness (QED) is 0.722. The molecule has 4 heteroatoms. The van der Waals surface area contributed by atoms with Gasteiger partial charge in [-0.25, -0.2) is 4.98 Å². The average Bonchev–Trinajstić information content (AvgIpc) is 2.84. The van der Waals surface area contributed by atoms with E-state index < -0.39 is 0 Å². The molecule has 1 aliphatic rings. The second kappa shape index (κ2) is 4.63. The van der Waals surface area contributed by atoms with Crippen LogP contribution in [0, 0.1) is 0 Å². The third-order valence-corrected chi connectivity index (χ3v) is 4.57. The molecule has 100 valence electrons. The van der Waals surface area contributed by atoms with Crippen LogP contribution in [0.4, 0.5) is 5.95 Å². The highest BCUT2D eigenvalue weighted by atomic mass is 79.9. The van der Waals surface area contributed by atoms with Crippen LogP contribution in [0.2, 0.25) is 0 Å². The minimum atomic E-state index is 0.964. The van der Waals surface area contributed by atoms with Gasteiger partial charge in [0, 0.05) is 18.7 Å². The van der Waals surface area contributed by atoms with Crippen molar-refractivity contribution in [1.82, 2.24) is 9.55 Å². The van der Waals surface area contributed by atoms with E-state index in [2.05, 4.69) is 68.3 Å². The van der Waals surface area contributed by atoms with Crippen LogP contribution < -0.4 is 5.32 Å². The number of nitrogens with zero attached hydrogens (tertiary/aromatic N) is 2. The van der Waals surface area contributed by atoms with Crippen molar-refractivity contribution in [3.63, 3.8) is 0 Å². The molecule has 1 N–H and O–H groups in total. The van der Waals surface area contributed by atoms with Gasteiger partial charge in [0.15, 0.2) is 0 Å². The number of imidazole rings is 1. The second-order valence-electron chi connectivity index (χ2n) is 5.07. The molecule has 3 aromatic rings. The van der Waals surface area contributed by atoms with Gasteiger partial charge in [-0.2, -0.15) is 0 Å². The Labute approximate surface area is 125 Å². The number of benzene rings is 2. The number of fused-ring (bicyclic) bond motifs is 2. The summed E-state index contributed by atoms with van der Waals surface area (Å²) < 4.78 is 3.27. The van der Waals surface area contributed by atoms with Crippen molar-refractivity contribution in [2.45, 2.75) is 13.0 Å². The highest BCUT2D eigenvalue weighted by molar-refractivity contribution is 9.10. The van der Waals surface area contributed by atoms with Gasteiger partial charge in [-0.1, -0.05) is 36.4 Å². The molecule has 0 atom stereocenters. The summed E-state index contributed by atoms with van der Waals surface area (Å²) in [6.07, 6.45) is 1.14. The van der Waals surface area contributed by atoms with Crippen molar-refractivity contribution in [3.8, 4) is 11.3 Å². The van der Waals surface area contributed by atoms with Crippen molar-refractivity contribution in [2.75, 3.05) is 11.9 Å². The largest absolute Gasteiger partial charge is 0.356 e. The zero-order chi connectivity index (χ0) is 13.5. The molecular formula is C16H14BrN3. The first-order chi connectivity index (χ1) is 9.83. The summed E-state index contributed by atoms with van der Waals surface area (Å²) in [5, 5.41) is 5.86. The third kappa shape index (κ3) is 1.83. The van der Waals surface area contributed by atoms with Gasteiger partial charge in [0.2, 0.25) is 5.95 Å². The maximum Gasteiger partial charge on any atom is 0.204 e. The van der Waals surface area contributed by atoms with Gasteiger partial charge in [0.25, 0.3) is 0 Å². The summed E-state index contributed by atoms with van der Waals surface area (Å²) in [6.45, 7) is 2.02. The van der Waals surface area contributed by atoms with Gasteiger partial charge in [-0.3, -0.25) is 0 Å². The molecule has 20 heavy (non-hydrogen) atoms. The predicted octanol–water partition coefficient (Wildman–Crippen LogP) is 4.28. The Morgan fingerprint density at radius 1 is 1.10 bits per heavy atom. The molecule has 0 saturated heterocycles. The Hall–Kier alpha value is -1.81. The molecular weight excluding hydrogens is 314 g/mol. The van der Waals surface area contributed by atoms with Crippen LogP contribution in [-0.2, 0) is 6.54 Å². The summed E-state index contributed by atoms with van der Waals surface area (Å²) in [5.74, 6) is 0.964. The number of halogens is 1. The molecule has 0 aliphatic carbocycles. The van der Waals surface area contributed by atoms with Gasteiger partial charge in [-0.05, 0) is 39.2 Å². The van der Waals surface area contributed by atoms with Gasteiger partial charge in [0.05, 0.1) is 0 Å². The van der Waals surface area contributed by atoms with E-state index in [1.165, 1.54) is 10.8 Å². The van der Waals surface area contributed by atoms with Crippen LogP contribution >= 0.6 is 15.9 Å². The topological polar surface area (TPSA) is 29.9 Å². The number of hydrogen-bond donors (Lipinski definition) is 1. The Morgan fingerprint density at radius 3 is 2.80 bits per heavy atom. The summed E-state index contributed by atoms with van der Waals surface area (Å²) in [5.41, 5.74) is 2.17. The van der Waals surface area contributed by atoms with Crippen molar-refractivity contribution < 1.29 is 0 Å². The fraction of sp³-hybridized carbons (Fsp3) is 0.188. The van der Waals surface area contributed by atoms with Crippen LogP contribution in [0.15, 0.2) is 47.1 Å². The minimum absolute atomic E-state index is 0.964. The molecule has 3 nitrogen and oxygen atoms in total. The zero-order valence-electron chi connectivity index (χ0n) is 10.9. The standard InChI is InChI=1S/C16H14BrN3/c17-15-14(19-16-18-8-3-9-20(15)16)13-7-6-11-4-1-2-5-12(11)10-13/h1-2,4-7,10H,3,8-9H2,(H,18,19). The molecule has 0 bridgehead atoms. The SMILES string of the molecule is Brc1c(-c2ccc3ccccc3c2)nc2n1CCCN2. The van der Waals surface area contributed by atoms with Gasteiger partial charge < -0.3 is 9.88 Å². The molecule has 1 aromatic heterocycles. The minimum Gasteiger partial charge on any atom is -0.356 e. The van der Waals surface area contributed by atoms with Crippen LogP contribution in [-0.4, -0.2) is 16.1 Å². The number of rotatable bonds is 1. The Kier molecular flexibility index (Phi) is 2.77. The van der Waals surface area contributed by atoms with Crippen LogP contribution in [0.25, 0.3) is 22.0 Å².